The van der Waals surface area contributed by atoms with Crippen LogP contribution in [0.5, 0.6) is 11.5 Å². The molecule has 1 atom stereocenters. The molecule has 1 unspecified atom stereocenters. The van der Waals surface area contributed by atoms with Crippen LogP contribution in [0.1, 0.15) is 11.7 Å². The Morgan fingerprint density at radius 2 is 1.90 bits per heavy atom. The van der Waals surface area contributed by atoms with Gasteiger partial charge < -0.3 is 19.9 Å². The SMILES string of the molecule is COc1ccc(OC)c(C(O)CNc2ccc3nnc(-c4ccccc4F)n3n2)c1. The summed E-state index contributed by atoms with van der Waals surface area (Å²) in [6.07, 6.45) is -0.875. The average molecular weight is 409 g/mol. The molecule has 0 aliphatic carbocycles. The Morgan fingerprint density at radius 3 is 2.67 bits per heavy atom. The summed E-state index contributed by atoms with van der Waals surface area (Å²) in [6, 6.07) is 14.9. The van der Waals surface area contributed by atoms with Crippen molar-refractivity contribution < 1.29 is 19.0 Å². The molecule has 0 aliphatic rings. The van der Waals surface area contributed by atoms with E-state index in [1.807, 2.05) is 0 Å². The topological polar surface area (TPSA) is 93.8 Å². The first-order valence-corrected chi connectivity index (χ1v) is 9.22. The van der Waals surface area contributed by atoms with E-state index in [2.05, 4.69) is 20.6 Å². The van der Waals surface area contributed by atoms with E-state index >= 15 is 0 Å². The number of nitrogens with one attached hydrogen (secondary N) is 1. The van der Waals surface area contributed by atoms with Crippen molar-refractivity contribution in [3.63, 3.8) is 0 Å². The van der Waals surface area contributed by atoms with Crippen LogP contribution in [0.25, 0.3) is 17.0 Å². The standard InChI is InChI=1S/C21H20FN5O3/c1-29-13-7-8-18(30-2)15(11-13)17(28)12-23-19-9-10-20-24-25-21(27(20)26-19)14-5-3-4-6-16(14)22/h3-11,17,28H,12H2,1-2H3,(H,23,26). The molecule has 0 saturated heterocycles. The first-order chi connectivity index (χ1) is 14.6. The molecule has 0 aliphatic heterocycles. The highest BCUT2D eigenvalue weighted by atomic mass is 19.1. The molecule has 0 amide bonds. The Bertz CT molecular complexity index is 1180. The number of methoxy groups -OCH3 is 2. The number of ether oxygens (including phenoxy) is 2. The molecular formula is C21H20FN5O3. The zero-order valence-corrected chi connectivity index (χ0v) is 16.4. The van der Waals surface area contributed by atoms with Gasteiger partial charge in [0.25, 0.3) is 0 Å². The Balaban J connectivity index is 1.58. The molecule has 8 nitrogen and oxygen atoms in total. The van der Waals surface area contributed by atoms with E-state index in [1.54, 1.807) is 55.6 Å². The van der Waals surface area contributed by atoms with Gasteiger partial charge in [0.1, 0.15) is 23.1 Å². The van der Waals surface area contributed by atoms with Crippen LogP contribution >= 0.6 is 0 Å². The number of aromatic nitrogens is 4. The summed E-state index contributed by atoms with van der Waals surface area (Å²) >= 11 is 0. The fourth-order valence-corrected chi connectivity index (χ4v) is 3.10. The van der Waals surface area contributed by atoms with Crippen LogP contribution < -0.4 is 14.8 Å². The zero-order valence-electron chi connectivity index (χ0n) is 16.4. The molecule has 0 bridgehead atoms. The molecule has 0 radical (unpaired) electrons. The lowest BCUT2D eigenvalue weighted by Gasteiger charge is -2.17. The number of halogens is 1. The fourth-order valence-electron chi connectivity index (χ4n) is 3.10. The number of fused-ring (bicyclic) bond motifs is 1. The summed E-state index contributed by atoms with van der Waals surface area (Å²) in [5.41, 5.74) is 1.37. The van der Waals surface area contributed by atoms with Crippen LogP contribution in [-0.4, -0.2) is 45.7 Å². The molecule has 0 spiro atoms. The third-order valence-corrected chi connectivity index (χ3v) is 4.65. The maximum atomic E-state index is 14.2. The van der Waals surface area contributed by atoms with Gasteiger partial charge in [-0.15, -0.1) is 15.3 Å². The zero-order chi connectivity index (χ0) is 21.1. The molecule has 2 aromatic carbocycles. The van der Waals surface area contributed by atoms with Gasteiger partial charge in [0.05, 0.1) is 25.9 Å². The van der Waals surface area contributed by atoms with Crippen LogP contribution in [0.15, 0.2) is 54.6 Å². The Hall–Kier alpha value is -3.72. The van der Waals surface area contributed by atoms with Gasteiger partial charge in [0.15, 0.2) is 11.5 Å². The second-order valence-electron chi connectivity index (χ2n) is 6.50. The Morgan fingerprint density at radius 1 is 1.07 bits per heavy atom. The van der Waals surface area contributed by atoms with Gasteiger partial charge in [-0.1, -0.05) is 12.1 Å². The molecule has 9 heteroatoms. The normalized spacial score (nSPS) is 12.0. The number of hydrogen-bond acceptors (Lipinski definition) is 7. The summed E-state index contributed by atoms with van der Waals surface area (Å²) in [4.78, 5) is 0. The third-order valence-electron chi connectivity index (χ3n) is 4.65. The van der Waals surface area contributed by atoms with E-state index in [1.165, 1.54) is 17.7 Å². The number of rotatable bonds is 7. The monoisotopic (exact) mass is 409 g/mol. The van der Waals surface area contributed by atoms with E-state index in [0.29, 0.717) is 39.9 Å². The molecule has 154 valence electrons. The number of benzene rings is 2. The second-order valence-corrected chi connectivity index (χ2v) is 6.50. The van der Waals surface area contributed by atoms with Crippen molar-refractivity contribution in [2.45, 2.75) is 6.10 Å². The van der Waals surface area contributed by atoms with Gasteiger partial charge in [-0.25, -0.2) is 4.39 Å². The smallest absolute Gasteiger partial charge is 0.188 e. The van der Waals surface area contributed by atoms with Gasteiger partial charge >= 0.3 is 0 Å². The molecule has 4 rings (SSSR count). The lowest BCUT2D eigenvalue weighted by Crippen LogP contribution is -2.15. The summed E-state index contributed by atoms with van der Waals surface area (Å²) in [7, 11) is 3.10. The minimum atomic E-state index is -0.875. The van der Waals surface area contributed by atoms with Gasteiger partial charge in [-0.05, 0) is 42.5 Å². The van der Waals surface area contributed by atoms with Crippen molar-refractivity contribution in [2.75, 3.05) is 26.1 Å². The molecule has 0 saturated carbocycles. The minimum Gasteiger partial charge on any atom is -0.497 e. The highest BCUT2D eigenvalue weighted by Gasteiger charge is 2.16. The van der Waals surface area contributed by atoms with E-state index in [4.69, 9.17) is 9.47 Å². The van der Waals surface area contributed by atoms with E-state index in [-0.39, 0.29) is 6.54 Å². The number of aliphatic hydroxyl groups is 1. The molecule has 30 heavy (non-hydrogen) atoms. The first-order valence-electron chi connectivity index (χ1n) is 9.22. The van der Waals surface area contributed by atoms with Crippen molar-refractivity contribution in [2.24, 2.45) is 0 Å². The van der Waals surface area contributed by atoms with Gasteiger partial charge in [0, 0.05) is 12.1 Å². The lowest BCUT2D eigenvalue weighted by atomic mass is 10.1. The lowest BCUT2D eigenvalue weighted by molar-refractivity contribution is 0.186. The summed E-state index contributed by atoms with van der Waals surface area (Å²) < 4.78 is 26.2. The van der Waals surface area contributed by atoms with Crippen molar-refractivity contribution >= 4 is 11.5 Å². The number of hydrogen-bond donors (Lipinski definition) is 2. The summed E-state index contributed by atoms with van der Waals surface area (Å²) in [5.74, 6) is 1.52. The van der Waals surface area contributed by atoms with Gasteiger partial charge in [-0.3, -0.25) is 0 Å². The second kappa shape index (κ2) is 8.34. The van der Waals surface area contributed by atoms with Crippen molar-refractivity contribution in [3.05, 3.63) is 66.0 Å². The van der Waals surface area contributed by atoms with Crippen LogP contribution in [0.4, 0.5) is 10.2 Å². The van der Waals surface area contributed by atoms with E-state index < -0.39 is 11.9 Å². The van der Waals surface area contributed by atoms with Crippen LogP contribution in [-0.2, 0) is 0 Å². The van der Waals surface area contributed by atoms with E-state index in [0.717, 1.165) is 0 Å². The molecule has 2 heterocycles. The maximum absolute atomic E-state index is 14.2. The van der Waals surface area contributed by atoms with Gasteiger partial charge in [-0.2, -0.15) is 4.52 Å². The van der Waals surface area contributed by atoms with Crippen LogP contribution in [0, 0.1) is 5.82 Å². The molecule has 2 aromatic heterocycles. The molecular weight excluding hydrogens is 389 g/mol. The van der Waals surface area contributed by atoms with Crippen LogP contribution in [0.2, 0.25) is 0 Å². The van der Waals surface area contributed by atoms with Gasteiger partial charge in [0.2, 0.25) is 0 Å². The first kappa shape index (κ1) is 19.6. The summed E-state index contributed by atoms with van der Waals surface area (Å²) in [5, 5.41) is 26.3. The predicted octanol–water partition coefficient (Wildman–Crippen LogP) is 3.09. The highest BCUT2D eigenvalue weighted by Crippen LogP contribution is 2.29. The average Bonchev–Trinajstić information content (AvgIpc) is 3.20. The molecule has 0 fully saturated rings. The minimum absolute atomic E-state index is 0.166. The number of anilines is 1. The number of nitrogens with zero attached hydrogens (tertiary/aromatic N) is 4. The van der Waals surface area contributed by atoms with E-state index in [9.17, 15) is 9.50 Å². The molecule has 4 aromatic rings. The number of aliphatic hydroxyl groups excluding tert-OH is 1. The molecule has 2 N–H and O–H groups in total. The van der Waals surface area contributed by atoms with Crippen molar-refractivity contribution in [1.29, 1.82) is 0 Å². The Kier molecular flexibility index (Phi) is 5.44. The predicted molar refractivity (Wildman–Crippen MR) is 109 cm³/mol. The summed E-state index contributed by atoms with van der Waals surface area (Å²) in [6.45, 7) is 0.166. The highest BCUT2D eigenvalue weighted by molar-refractivity contribution is 5.60. The van der Waals surface area contributed by atoms with Crippen molar-refractivity contribution in [1.82, 2.24) is 19.8 Å². The third kappa shape index (κ3) is 3.74. The van der Waals surface area contributed by atoms with Crippen molar-refractivity contribution in [3.8, 4) is 22.9 Å². The maximum Gasteiger partial charge on any atom is 0.188 e. The largest absolute Gasteiger partial charge is 0.497 e. The fraction of sp³-hybridized carbons (Fsp3) is 0.190. The quantitative estimate of drug-likeness (QED) is 0.484. The van der Waals surface area contributed by atoms with Crippen LogP contribution in [0.3, 0.4) is 0 Å². The Labute approximate surface area is 171 Å².